The number of rotatable bonds is 5. The highest BCUT2D eigenvalue weighted by Crippen LogP contribution is 2.35. The van der Waals surface area contributed by atoms with Gasteiger partial charge in [0.05, 0.1) is 7.11 Å². The third kappa shape index (κ3) is 4.12. The van der Waals surface area contributed by atoms with Gasteiger partial charge in [-0.15, -0.1) is 0 Å². The molecule has 31 heavy (non-hydrogen) atoms. The topological polar surface area (TPSA) is 25.6 Å². The van der Waals surface area contributed by atoms with Crippen molar-refractivity contribution in [3.63, 3.8) is 0 Å². The highest BCUT2D eigenvalue weighted by molar-refractivity contribution is 5.88. The number of fused-ring (bicyclic) bond motifs is 1. The van der Waals surface area contributed by atoms with Gasteiger partial charge in [-0.1, -0.05) is 48.5 Å². The summed E-state index contributed by atoms with van der Waals surface area (Å²) < 4.78 is 24.9. The first kappa shape index (κ1) is 19.6. The number of benzene rings is 3. The van der Waals surface area contributed by atoms with Gasteiger partial charge in [0.15, 0.2) is 11.3 Å². The summed E-state index contributed by atoms with van der Waals surface area (Å²) in [6, 6.07) is 23.2. The average molecular weight is 413 g/mol. The molecule has 0 fully saturated rings. The molecule has 0 amide bonds. The van der Waals surface area contributed by atoms with Crippen molar-refractivity contribution in [3.05, 3.63) is 95.8 Å². The Balaban J connectivity index is 1.36. The number of hydrogen-bond donors (Lipinski definition) is 0. The van der Waals surface area contributed by atoms with E-state index in [9.17, 15) is 4.39 Å². The monoisotopic (exact) mass is 413 g/mol. The fourth-order valence-electron chi connectivity index (χ4n) is 4.21. The van der Waals surface area contributed by atoms with E-state index in [4.69, 9.17) is 9.15 Å². The number of hydrogen-bond acceptors (Lipinski definition) is 3. The Morgan fingerprint density at radius 3 is 2.48 bits per heavy atom. The zero-order valence-corrected chi connectivity index (χ0v) is 17.5. The van der Waals surface area contributed by atoms with Crippen molar-refractivity contribution < 1.29 is 13.5 Å². The lowest BCUT2D eigenvalue weighted by molar-refractivity contribution is 0.293. The second-order valence-electron chi connectivity index (χ2n) is 7.91. The molecule has 0 aliphatic carbocycles. The van der Waals surface area contributed by atoms with E-state index in [0.717, 1.165) is 59.7 Å². The minimum atomic E-state index is -0.194. The van der Waals surface area contributed by atoms with Gasteiger partial charge in [-0.3, -0.25) is 4.90 Å². The van der Waals surface area contributed by atoms with E-state index in [1.807, 2.05) is 42.5 Å². The van der Waals surface area contributed by atoms with Gasteiger partial charge in [-0.25, -0.2) is 4.39 Å². The zero-order chi connectivity index (χ0) is 21.2. The van der Waals surface area contributed by atoms with Crippen molar-refractivity contribution in [2.75, 3.05) is 20.2 Å². The normalized spacial score (nSPS) is 14.6. The van der Waals surface area contributed by atoms with E-state index in [-0.39, 0.29) is 5.82 Å². The maximum atomic E-state index is 13.2. The maximum absolute atomic E-state index is 13.2. The molecule has 156 valence electrons. The summed E-state index contributed by atoms with van der Waals surface area (Å²) in [6.45, 7) is 2.67. The quantitative estimate of drug-likeness (QED) is 0.372. The Kier molecular flexibility index (Phi) is 5.31. The molecule has 4 aromatic rings. The smallest absolute Gasteiger partial charge is 0.176 e. The van der Waals surface area contributed by atoms with Crippen LogP contribution in [-0.2, 0) is 6.54 Å². The van der Waals surface area contributed by atoms with E-state index in [1.54, 1.807) is 7.11 Å². The Bertz CT molecular complexity index is 1230. The summed E-state index contributed by atoms with van der Waals surface area (Å²) in [7, 11) is 1.68. The van der Waals surface area contributed by atoms with Gasteiger partial charge in [0, 0.05) is 30.6 Å². The third-order valence-electron chi connectivity index (χ3n) is 5.83. The van der Waals surface area contributed by atoms with Crippen molar-refractivity contribution in [1.29, 1.82) is 0 Å². The zero-order valence-electron chi connectivity index (χ0n) is 17.5. The van der Waals surface area contributed by atoms with Crippen LogP contribution in [0, 0.1) is 5.82 Å². The van der Waals surface area contributed by atoms with E-state index in [0.29, 0.717) is 0 Å². The van der Waals surface area contributed by atoms with Gasteiger partial charge in [-0.05, 0) is 53.5 Å². The van der Waals surface area contributed by atoms with Crippen LogP contribution in [0.5, 0.6) is 5.75 Å². The Labute approximate surface area is 181 Å². The van der Waals surface area contributed by atoms with Gasteiger partial charge in [0.25, 0.3) is 0 Å². The van der Waals surface area contributed by atoms with Crippen LogP contribution < -0.4 is 4.74 Å². The molecule has 0 spiro atoms. The molecule has 0 unspecified atom stereocenters. The van der Waals surface area contributed by atoms with Crippen molar-refractivity contribution in [2.24, 2.45) is 0 Å². The molecule has 1 aromatic heterocycles. The molecule has 0 bridgehead atoms. The summed E-state index contributed by atoms with van der Waals surface area (Å²) in [6.07, 6.45) is 3.20. The van der Waals surface area contributed by atoms with Crippen molar-refractivity contribution in [1.82, 2.24) is 4.90 Å². The van der Waals surface area contributed by atoms with Crippen LogP contribution in [0.15, 0.2) is 83.3 Å². The fraction of sp³-hybridized carbons (Fsp3) is 0.185. The highest BCUT2D eigenvalue weighted by atomic mass is 19.1. The number of methoxy groups -OCH3 is 1. The molecule has 5 rings (SSSR count). The first-order chi connectivity index (χ1) is 15.2. The lowest BCUT2D eigenvalue weighted by Gasteiger charge is -2.26. The molecule has 0 atom stereocenters. The molecule has 0 saturated carbocycles. The molecule has 3 nitrogen and oxygen atoms in total. The lowest BCUT2D eigenvalue weighted by atomic mass is 9.99. The van der Waals surface area contributed by atoms with Crippen molar-refractivity contribution >= 4 is 16.5 Å². The first-order valence-electron chi connectivity index (χ1n) is 10.5. The van der Waals surface area contributed by atoms with Crippen molar-refractivity contribution in [3.8, 4) is 17.1 Å². The standard InChI is InChI=1S/C27H24FNO2/c1-30-26-16-19(15-23-17-25(31-27(23)26)22-5-3-2-4-6-22)18-29-13-11-21(12-14-29)20-7-9-24(28)10-8-20/h2-11,15-17H,12-14,18H2,1H3. The van der Waals surface area contributed by atoms with Crippen LogP contribution >= 0.6 is 0 Å². The number of ether oxygens (including phenoxy) is 1. The molecule has 4 heteroatoms. The maximum Gasteiger partial charge on any atom is 0.176 e. The molecule has 1 aliphatic rings. The van der Waals surface area contributed by atoms with Gasteiger partial charge in [0.1, 0.15) is 11.6 Å². The summed E-state index contributed by atoms with van der Waals surface area (Å²) in [4.78, 5) is 2.41. The lowest BCUT2D eigenvalue weighted by Crippen LogP contribution is -2.28. The van der Waals surface area contributed by atoms with E-state index in [2.05, 4.69) is 29.2 Å². The van der Waals surface area contributed by atoms with E-state index >= 15 is 0 Å². The largest absolute Gasteiger partial charge is 0.493 e. The van der Waals surface area contributed by atoms with Crippen molar-refractivity contribution in [2.45, 2.75) is 13.0 Å². The van der Waals surface area contributed by atoms with Crippen LogP contribution in [0.1, 0.15) is 17.5 Å². The van der Waals surface area contributed by atoms with Crippen LogP contribution in [0.3, 0.4) is 0 Å². The highest BCUT2D eigenvalue weighted by Gasteiger charge is 2.16. The average Bonchev–Trinajstić information content (AvgIpc) is 3.24. The molecule has 0 radical (unpaired) electrons. The first-order valence-corrected chi connectivity index (χ1v) is 10.5. The summed E-state index contributed by atoms with van der Waals surface area (Å²) in [5.41, 5.74) is 5.42. The van der Waals surface area contributed by atoms with E-state index < -0.39 is 0 Å². The Morgan fingerprint density at radius 2 is 1.77 bits per heavy atom. The van der Waals surface area contributed by atoms with Crippen LogP contribution in [0.25, 0.3) is 27.9 Å². The molecular formula is C27H24FNO2. The predicted octanol–water partition coefficient (Wildman–Crippen LogP) is 6.54. The summed E-state index contributed by atoms with van der Waals surface area (Å²) in [5, 5.41) is 1.05. The second kappa shape index (κ2) is 8.40. The Hall–Kier alpha value is -3.37. The minimum Gasteiger partial charge on any atom is -0.493 e. The molecule has 1 aliphatic heterocycles. The van der Waals surface area contributed by atoms with Gasteiger partial charge >= 0.3 is 0 Å². The van der Waals surface area contributed by atoms with E-state index in [1.165, 1.54) is 23.3 Å². The van der Waals surface area contributed by atoms with Gasteiger partial charge in [-0.2, -0.15) is 0 Å². The second-order valence-corrected chi connectivity index (χ2v) is 7.91. The molecule has 0 N–H and O–H groups in total. The third-order valence-corrected chi connectivity index (χ3v) is 5.83. The molecular weight excluding hydrogens is 389 g/mol. The van der Waals surface area contributed by atoms with Gasteiger partial charge < -0.3 is 9.15 Å². The number of nitrogens with zero attached hydrogens (tertiary/aromatic N) is 1. The number of halogens is 1. The predicted molar refractivity (Wildman–Crippen MR) is 122 cm³/mol. The number of furan rings is 1. The van der Waals surface area contributed by atoms with Crippen LogP contribution in [-0.4, -0.2) is 25.1 Å². The molecule has 3 aromatic carbocycles. The Morgan fingerprint density at radius 1 is 0.968 bits per heavy atom. The minimum absolute atomic E-state index is 0.194. The van der Waals surface area contributed by atoms with Crippen LogP contribution in [0.2, 0.25) is 0 Å². The molecule has 0 saturated heterocycles. The summed E-state index contributed by atoms with van der Waals surface area (Å²) in [5.74, 6) is 1.41. The summed E-state index contributed by atoms with van der Waals surface area (Å²) >= 11 is 0. The van der Waals surface area contributed by atoms with Crippen LogP contribution in [0.4, 0.5) is 4.39 Å². The molecule has 2 heterocycles. The SMILES string of the molecule is COc1cc(CN2CC=C(c3ccc(F)cc3)CC2)cc2cc(-c3ccccc3)oc12. The fourth-order valence-corrected chi connectivity index (χ4v) is 4.21. The van der Waals surface area contributed by atoms with Gasteiger partial charge in [0.2, 0.25) is 0 Å².